The summed E-state index contributed by atoms with van der Waals surface area (Å²) in [5, 5.41) is 9.52. The van der Waals surface area contributed by atoms with Gasteiger partial charge in [0.15, 0.2) is 0 Å². The lowest BCUT2D eigenvalue weighted by atomic mass is 10.1. The molecule has 0 bridgehead atoms. The molecule has 0 unspecified atom stereocenters. The highest BCUT2D eigenvalue weighted by Crippen LogP contribution is 2.32. The van der Waals surface area contributed by atoms with Crippen LogP contribution in [0, 0.1) is 5.82 Å². The van der Waals surface area contributed by atoms with Gasteiger partial charge in [0.25, 0.3) is 0 Å². The molecule has 188 valence electrons. The van der Waals surface area contributed by atoms with Crippen molar-refractivity contribution < 1.29 is 14.3 Å². The lowest BCUT2D eigenvalue weighted by Crippen LogP contribution is -2.52. The zero-order chi connectivity index (χ0) is 25.4. The van der Waals surface area contributed by atoms with E-state index in [9.17, 15) is 14.3 Å². The second kappa shape index (κ2) is 9.89. The van der Waals surface area contributed by atoms with Crippen molar-refractivity contribution >= 4 is 35.2 Å². The van der Waals surface area contributed by atoms with E-state index in [0.717, 1.165) is 36.5 Å². The van der Waals surface area contributed by atoms with Crippen LogP contribution in [0.25, 0.3) is 11.3 Å². The number of hydrogen-bond acceptors (Lipinski definition) is 7. The van der Waals surface area contributed by atoms with Crippen LogP contribution in [-0.4, -0.2) is 64.3 Å². The maximum absolute atomic E-state index is 13.6. The van der Waals surface area contributed by atoms with Crippen molar-refractivity contribution in [3.63, 3.8) is 0 Å². The number of halogens is 2. The smallest absolute Gasteiger partial charge is 0.337 e. The molecular formula is C26H28ClFN6O2. The summed E-state index contributed by atoms with van der Waals surface area (Å²) in [5.74, 6) is 0.758. The molecule has 0 saturated carbocycles. The molecule has 5 rings (SSSR count). The summed E-state index contributed by atoms with van der Waals surface area (Å²) in [6.45, 7) is 7.18. The average Bonchev–Trinajstić information content (AvgIpc) is 3.30. The Morgan fingerprint density at radius 1 is 1.06 bits per heavy atom. The molecule has 2 aliphatic rings. The largest absolute Gasteiger partial charge is 0.478 e. The summed E-state index contributed by atoms with van der Waals surface area (Å²) in [6, 6.07) is 10.2. The highest BCUT2D eigenvalue weighted by molar-refractivity contribution is 6.33. The molecule has 1 N–H and O–H groups in total. The van der Waals surface area contributed by atoms with E-state index in [0.29, 0.717) is 42.5 Å². The molecular weight excluding hydrogens is 483 g/mol. The molecule has 2 aliphatic heterocycles. The molecule has 0 aliphatic carbocycles. The normalized spacial score (nSPS) is 20.2. The molecule has 0 spiro atoms. The first kappa shape index (κ1) is 24.2. The molecule has 0 amide bonds. The molecule has 8 nitrogen and oxygen atoms in total. The van der Waals surface area contributed by atoms with Gasteiger partial charge in [-0.2, -0.15) is 4.98 Å². The lowest BCUT2D eigenvalue weighted by molar-refractivity contribution is 0.0696. The Kier molecular flexibility index (Phi) is 6.66. The number of carbonyl (C=O) groups is 1. The van der Waals surface area contributed by atoms with Crippen molar-refractivity contribution in [1.82, 2.24) is 15.0 Å². The molecule has 3 aromatic rings. The van der Waals surface area contributed by atoms with E-state index in [4.69, 9.17) is 21.6 Å². The maximum atomic E-state index is 13.6. The van der Waals surface area contributed by atoms with E-state index in [-0.39, 0.29) is 17.4 Å². The first-order valence-corrected chi connectivity index (χ1v) is 12.5. The number of rotatable bonds is 5. The molecule has 10 heteroatoms. The second-order valence-electron chi connectivity index (χ2n) is 9.43. The molecule has 1 aromatic carbocycles. The van der Waals surface area contributed by atoms with E-state index in [2.05, 4.69) is 33.5 Å². The van der Waals surface area contributed by atoms with Crippen molar-refractivity contribution in [2.24, 2.45) is 0 Å². The standard InChI is InChI=1S/C26H28ClFN6O2/c1-16-4-3-9-34(16)26-30-22(18-5-7-20(28)8-6-18)13-23(31-26)33-11-10-32(15-17(33)2)24-21(27)12-19(14-29-24)25(35)36/h5-8,12-14,16-17H,3-4,9-11,15H2,1-2H3,(H,35,36)/t16-,17-/m1/s1. The predicted molar refractivity (Wildman–Crippen MR) is 139 cm³/mol. The van der Waals surface area contributed by atoms with Crippen LogP contribution in [0.15, 0.2) is 42.6 Å². The number of carboxylic acids is 1. The predicted octanol–water partition coefficient (Wildman–Crippen LogP) is 4.73. The Bertz CT molecular complexity index is 1270. The molecule has 2 saturated heterocycles. The van der Waals surface area contributed by atoms with E-state index in [1.807, 2.05) is 6.07 Å². The van der Waals surface area contributed by atoms with Gasteiger partial charge in [0.1, 0.15) is 17.5 Å². The monoisotopic (exact) mass is 510 g/mol. The molecule has 36 heavy (non-hydrogen) atoms. The summed E-state index contributed by atoms with van der Waals surface area (Å²) < 4.78 is 13.6. The van der Waals surface area contributed by atoms with Gasteiger partial charge in [0, 0.05) is 56.1 Å². The van der Waals surface area contributed by atoms with Crippen molar-refractivity contribution in [1.29, 1.82) is 0 Å². The highest BCUT2D eigenvalue weighted by Gasteiger charge is 2.29. The van der Waals surface area contributed by atoms with Gasteiger partial charge >= 0.3 is 5.97 Å². The summed E-state index contributed by atoms with van der Waals surface area (Å²) in [5.41, 5.74) is 1.67. The summed E-state index contributed by atoms with van der Waals surface area (Å²) in [6.07, 6.45) is 3.54. The van der Waals surface area contributed by atoms with Gasteiger partial charge in [0.2, 0.25) is 5.95 Å². The SMILES string of the molecule is C[C@@H]1CN(c2ncc(C(=O)O)cc2Cl)CCN1c1cc(-c2ccc(F)cc2)nc(N2CCC[C@H]2C)n1. The third kappa shape index (κ3) is 4.80. The van der Waals surface area contributed by atoms with Gasteiger partial charge in [-0.05, 0) is 57.0 Å². The fourth-order valence-corrected chi connectivity index (χ4v) is 5.25. The van der Waals surface area contributed by atoms with E-state index < -0.39 is 5.97 Å². The Labute approximate surface area is 214 Å². The van der Waals surface area contributed by atoms with Gasteiger partial charge in [0.05, 0.1) is 16.3 Å². The van der Waals surface area contributed by atoms with Crippen molar-refractivity contribution in [3.8, 4) is 11.3 Å². The Morgan fingerprint density at radius 2 is 1.83 bits per heavy atom. The third-order valence-electron chi connectivity index (χ3n) is 6.94. The third-order valence-corrected chi connectivity index (χ3v) is 7.22. The topological polar surface area (TPSA) is 85.7 Å². The van der Waals surface area contributed by atoms with Crippen LogP contribution in [0.5, 0.6) is 0 Å². The number of anilines is 3. The lowest BCUT2D eigenvalue weighted by Gasteiger charge is -2.41. The van der Waals surface area contributed by atoms with Crippen LogP contribution in [-0.2, 0) is 0 Å². The first-order chi connectivity index (χ1) is 17.3. The van der Waals surface area contributed by atoms with Crippen LogP contribution >= 0.6 is 11.6 Å². The fourth-order valence-electron chi connectivity index (χ4n) is 4.97. The highest BCUT2D eigenvalue weighted by atomic mass is 35.5. The van der Waals surface area contributed by atoms with E-state index >= 15 is 0 Å². The molecule has 4 heterocycles. The summed E-state index contributed by atoms with van der Waals surface area (Å²) in [7, 11) is 0. The Hall–Kier alpha value is -3.46. The van der Waals surface area contributed by atoms with Crippen LogP contribution in [0.3, 0.4) is 0 Å². The summed E-state index contributed by atoms with van der Waals surface area (Å²) in [4.78, 5) is 31.9. The van der Waals surface area contributed by atoms with Crippen molar-refractivity contribution in [3.05, 3.63) is 59.0 Å². The zero-order valence-corrected chi connectivity index (χ0v) is 21.0. The van der Waals surface area contributed by atoms with E-state index in [1.54, 1.807) is 12.1 Å². The van der Waals surface area contributed by atoms with Crippen molar-refractivity contribution in [2.45, 2.75) is 38.8 Å². The average molecular weight is 511 g/mol. The zero-order valence-electron chi connectivity index (χ0n) is 20.2. The minimum atomic E-state index is -1.06. The number of hydrogen-bond donors (Lipinski definition) is 1. The molecule has 2 atom stereocenters. The second-order valence-corrected chi connectivity index (χ2v) is 9.83. The summed E-state index contributed by atoms with van der Waals surface area (Å²) >= 11 is 6.38. The van der Waals surface area contributed by atoms with Gasteiger partial charge in [-0.25, -0.2) is 19.2 Å². The maximum Gasteiger partial charge on any atom is 0.337 e. The molecule has 0 radical (unpaired) electrons. The van der Waals surface area contributed by atoms with Crippen LogP contribution < -0.4 is 14.7 Å². The number of aromatic carboxylic acids is 1. The number of aromatic nitrogens is 3. The van der Waals surface area contributed by atoms with Gasteiger partial charge in [-0.3, -0.25) is 0 Å². The minimum absolute atomic E-state index is 0.0633. The fraction of sp³-hybridized carbons (Fsp3) is 0.385. The van der Waals surface area contributed by atoms with Crippen LogP contribution in [0.1, 0.15) is 37.0 Å². The number of carboxylic acid groups (broad SMARTS) is 1. The van der Waals surface area contributed by atoms with Crippen molar-refractivity contribution in [2.75, 3.05) is 40.9 Å². The number of nitrogens with zero attached hydrogens (tertiary/aromatic N) is 6. The number of pyridine rings is 1. The Balaban J connectivity index is 1.44. The number of benzene rings is 1. The first-order valence-electron chi connectivity index (χ1n) is 12.1. The van der Waals surface area contributed by atoms with Crippen LogP contribution in [0.4, 0.5) is 22.0 Å². The quantitative estimate of drug-likeness (QED) is 0.527. The van der Waals surface area contributed by atoms with Crippen LogP contribution in [0.2, 0.25) is 5.02 Å². The number of piperazine rings is 1. The van der Waals surface area contributed by atoms with Gasteiger partial charge < -0.3 is 19.8 Å². The minimum Gasteiger partial charge on any atom is -0.478 e. The molecule has 2 aromatic heterocycles. The Morgan fingerprint density at radius 3 is 2.47 bits per heavy atom. The molecule has 2 fully saturated rings. The van der Waals surface area contributed by atoms with Gasteiger partial charge in [-0.1, -0.05) is 11.6 Å². The van der Waals surface area contributed by atoms with Gasteiger partial charge in [-0.15, -0.1) is 0 Å². The van der Waals surface area contributed by atoms with E-state index in [1.165, 1.54) is 24.4 Å².